The van der Waals surface area contributed by atoms with E-state index < -0.39 is 12.8 Å². The summed E-state index contributed by atoms with van der Waals surface area (Å²) in [4.78, 5) is 9.62. The van der Waals surface area contributed by atoms with Crippen molar-refractivity contribution in [2.45, 2.75) is 40.0 Å². The molecule has 84 valence electrons. The van der Waals surface area contributed by atoms with Crippen LogP contribution < -0.4 is 5.11 Å². The van der Waals surface area contributed by atoms with Crippen LogP contribution in [-0.4, -0.2) is 50.5 Å². The quantitative estimate of drug-likeness (QED) is 0.314. The maximum absolute atomic E-state index is 9.62. The van der Waals surface area contributed by atoms with Crippen LogP contribution in [0, 0.1) is 18.3 Å². The molecule has 0 N–H and O–H groups in total. The molecule has 0 saturated heterocycles. The van der Waals surface area contributed by atoms with Crippen molar-refractivity contribution >= 4 is 43.7 Å². The first kappa shape index (κ1) is 18.1. The third kappa shape index (κ3) is 11.0. The van der Waals surface area contributed by atoms with Crippen molar-refractivity contribution in [2.24, 2.45) is 5.92 Å². The molecule has 15 heavy (non-hydrogen) atoms. The molecule has 1 atom stereocenters. The number of carbonyl (C=O) groups is 1. The Morgan fingerprint density at radius 2 is 2.20 bits per heavy atom. The summed E-state index contributed by atoms with van der Waals surface area (Å²) in [5.74, 6) is 2.01. The van der Waals surface area contributed by atoms with Crippen molar-refractivity contribution in [3.8, 4) is 0 Å². The van der Waals surface area contributed by atoms with Crippen LogP contribution in [0.15, 0.2) is 0 Å². The zero-order valence-corrected chi connectivity index (χ0v) is 12.1. The molecule has 1 fully saturated rings. The number of ether oxygens (including phenoxy) is 1. The average molecular weight is 239 g/mol. The van der Waals surface area contributed by atoms with E-state index in [1.165, 1.54) is 26.2 Å². The summed E-state index contributed by atoms with van der Waals surface area (Å²) in [6.07, 6.45) is 6.48. The predicted octanol–water partition coefficient (Wildman–Crippen LogP) is 1.09. The molecule has 1 aliphatic rings. The van der Waals surface area contributed by atoms with Crippen LogP contribution in [-0.2, 0) is 9.53 Å². The zero-order chi connectivity index (χ0) is 11.0. The van der Waals surface area contributed by atoms with Gasteiger partial charge in [-0.25, -0.2) is 6.42 Å². The van der Waals surface area contributed by atoms with Crippen LogP contribution >= 0.6 is 0 Å². The Kier molecular flexibility index (Phi) is 13.5. The van der Waals surface area contributed by atoms with E-state index in [-0.39, 0.29) is 37.7 Å². The molecular formula is C11H19CaO3-. The van der Waals surface area contributed by atoms with Gasteiger partial charge in [0.25, 0.3) is 0 Å². The Labute approximate surface area is 123 Å². The van der Waals surface area contributed by atoms with Crippen molar-refractivity contribution in [2.75, 3.05) is 6.79 Å². The Bertz CT molecular complexity index is 154. The van der Waals surface area contributed by atoms with Gasteiger partial charge in [-0.2, -0.15) is 26.2 Å². The average Bonchev–Trinajstić information content (AvgIpc) is 2.56. The van der Waals surface area contributed by atoms with Crippen LogP contribution in [0.4, 0.5) is 0 Å². The molecule has 0 radical (unpaired) electrons. The fourth-order valence-electron chi connectivity index (χ4n) is 1.36. The van der Waals surface area contributed by atoms with Crippen molar-refractivity contribution in [3.05, 3.63) is 12.3 Å². The molecule has 0 aromatic heterocycles. The summed E-state index contributed by atoms with van der Waals surface area (Å²) < 4.78 is 3.85. The second-order valence-corrected chi connectivity index (χ2v) is 3.63. The summed E-state index contributed by atoms with van der Waals surface area (Å²) in [7, 11) is 0. The van der Waals surface area contributed by atoms with Gasteiger partial charge in [0.1, 0.15) is 0 Å². The molecule has 0 amide bonds. The first-order valence-electron chi connectivity index (χ1n) is 4.91. The van der Waals surface area contributed by atoms with Crippen molar-refractivity contribution in [3.63, 3.8) is 0 Å². The van der Waals surface area contributed by atoms with E-state index in [4.69, 9.17) is 0 Å². The summed E-state index contributed by atoms with van der Waals surface area (Å²) in [6, 6.07) is 0. The second-order valence-electron chi connectivity index (χ2n) is 3.63. The molecule has 4 heteroatoms. The molecule has 0 aromatic rings. The smallest absolute Gasteiger partial charge is 0.824 e. The predicted molar refractivity (Wildman–Crippen MR) is 58.6 cm³/mol. The van der Waals surface area contributed by atoms with E-state index >= 15 is 0 Å². The Hall–Kier alpha value is 0.690. The maximum atomic E-state index is 9.62. The van der Waals surface area contributed by atoms with Gasteiger partial charge in [0.2, 0.25) is 0 Å². The van der Waals surface area contributed by atoms with E-state index in [1.54, 1.807) is 5.92 Å². The van der Waals surface area contributed by atoms with Crippen LogP contribution in [0.3, 0.4) is 0 Å². The maximum Gasteiger partial charge on any atom is 2.00 e. The van der Waals surface area contributed by atoms with Crippen molar-refractivity contribution < 1.29 is 14.6 Å². The molecule has 1 unspecified atom stereocenters. The fraction of sp³-hybridized carbons (Fsp3) is 0.727. The van der Waals surface area contributed by atoms with E-state index in [9.17, 15) is 9.90 Å². The van der Waals surface area contributed by atoms with Crippen LogP contribution in [0.1, 0.15) is 40.0 Å². The summed E-state index contributed by atoms with van der Waals surface area (Å²) in [6.45, 7) is 4.90. The van der Waals surface area contributed by atoms with E-state index in [0.717, 1.165) is 5.92 Å². The molecule has 1 rings (SSSR count). The van der Waals surface area contributed by atoms with Gasteiger partial charge in [-0.1, -0.05) is 0 Å². The first-order valence-corrected chi connectivity index (χ1v) is 4.91. The number of hydrogen-bond acceptors (Lipinski definition) is 3. The molecule has 1 saturated carbocycles. The van der Waals surface area contributed by atoms with E-state index in [0.29, 0.717) is 0 Å². The Morgan fingerprint density at radius 1 is 1.60 bits per heavy atom. The van der Waals surface area contributed by atoms with Crippen LogP contribution in [0.5, 0.6) is 0 Å². The second kappa shape index (κ2) is 11.2. The van der Waals surface area contributed by atoms with Crippen LogP contribution in [0.25, 0.3) is 0 Å². The normalized spacial score (nSPS) is 18.9. The minimum Gasteiger partial charge on any atom is -0.824 e. The largest absolute Gasteiger partial charge is 2.00 e. The Balaban J connectivity index is 0. The number of carbonyl (C=O) groups excluding carboxylic acids is 1. The van der Waals surface area contributed by atoms with Gasteiger partial charge in [0.15, 0.2) is 0 Å². The third-order valence-corrected chi connectivity index (χ3v) is 2.25. The van der Waals surface area contributed by atoms with Gasteiger partial charge < -0.3 is 22.2 Å². The minimum atomic E-state index is -0.769. The van der Waals surface area contributed by atoms with Gasteiger partial charge in [-0.05, 0) is 0 Å². The zero-order valence-electron chi connectivity index (χ0n) is 9.91. The summed E-state index contributed by atoms with van der Waals surface area (Å²) >= 11 is 0. The summed E-state index contributed by atoms with van der Waals surface area (Å²) in [5.41, 5.74) is 0. The standard InChI is InChI=1S/C8H14.C3H5O3.Ca/c1-7(2)8-5-3-4-6-8;1-3(5)6-2-4;/h3,8H,4-6H2,1-2H3;2H2,1H3;/q-2;-1;+2. The van der Waals surface area contributed by atoms with Gasteiger partial charge >= 0.3 is 43.7 Å². The molecule has 1 aliphatic carbocycles. The van der Waals surface area contributed by atoms with Crippen molar-refractivity contribution in [1.29, 1.82) is 0 Å². The molecule has 0 heterocycles. The minimum absolute atomic E-state index is 0. The molecule has 0 aliphatic heterocycles. The number of esters is 1. The first-order chi connectivity index (χ1) is 6.57. The van der Waals surface area contributed by atoms with E-state index in [1.807, 2.05) is 0 Å². The molecule has 3 nitrogen and oxygen atoms in total. The van der Waals surface area contributed by atoms with Crippen molar-refractivity contribution in [1.82, 2.24) is 0 Å². The van der Waals surface area contributed by atoms with Gasteiger partial charge in [0, 0.05) is 13.7 Å². The Morgan fingerprint density at radius 3 is 2.33 bits per heavy atom. The molecular weight excluding hydrogens is 220 g/mol. The summed E-state index contributed by atoms with van der Waals surface area (Å²) in [5, 5.41) is 9.30. The topological polar surface area (TPSA) is 49.4 Å². The van der Waals surface area contributed by atoms with Gasteiger partial charge in [0.05, 0.1) is 0 Å². The number of rotatable bonds is 2. The molecule has 0 bridgehead atoms. The fourth-order valence-corrected chi connectivity index (χ4v) is 1.36. The monoisotopic (exact) mass is 239 g/mol. The third-order valence-electron chi connectivity index (χ3n) is 2.25. The number of hydrogen-bond donors (Lipinski definition) is 0. The molecule has 0 aromatic carbocycles. The SMILES string of the molecule is CC(=O)OC[O-].C[C-](C)C1C[CH-]CC1.[Ca+2]. The van der Waals surface area contributed by atoms with Gasteiger partial charge in [-0.3, -0.25) is 4.79 Å². The van der Waals surface area contributed by atoms with Gasteiger partial charge in [-0.15, -0.1) is 6.42 Å². The van der Waals surface area contributed by atoms with E-state index in [2.05, 4.69) is 25.0 Å². The van der Waals surface area contributed by atoms with Crippen LogP contribution in [0.2, 0.25) is 0 Å². The molecule has 0 spiro atoms.